The maximum atomic E-state index is 10.9. The highest BCUT2D eigenvalue weighted by molar-refractivity contribution is 7.99. The second-order valence-corrected chi connectivity index (χ2v) is 4.56. The van der Waals surface area contributed by atoms with Crippen molar-refractivity contribution in [2.45, 2.75) is 17.0 Å². The molecule has 1 aromatic carbocycles. The molecule has 2 N–H and O–H groups in total. The standard InChI is InChI=1S/C10H8N4O4S/c1-5-11-10(13-12-5)19-8-4-6(9(15)16)2-3-7(8)14(17)18/h2-4H,1H3,(H,15,16)(H,11,12,13). The molecule has 0 bridgehead atoms. The number of aromatic carboxylic acids is 1. The van der Waals surface area contributed by atoms with Gasteiger partial charge in [0, 0.05) is 6.07 Å². The zero-order valence-electron chi connectivity index (χ0n) is 9.65. The number of nitro groups is 1. The molecular weight excluding hydrogens is 272 g/mol. The van der Waals surface area contributed by atoms with Gasteiger partial charge in [0.1, 0.15) is 5.82 Å². The van der Waals surface area contributed by atoms with Gasteiger partial charge in [-0.3, -0.25) is 15.2 Å². The van der Waals surface area contributed by atoms with Crippen molar-refractivity contribution in [3.63, 3.8) is 0 Å². The van der Waals surface area contributed by atoms with E-state index in [1.54, 1.807) is 6.92 Å². The first kappa shape index (κ1) is 13.0. The van der Waals surface area contributed by atoms with Crippen LogP contribution in [0, 0.1) is 17.0 Å². The summed E-state index contributed by atoms with van der Waals surface area (Å²) in [6.45, 7) is 1.69. The van der Waals surface area contributed by atoms with Crippen LogP contribution in [0.2, 0.25) is 0 Å². The van der Waals surface area contributed by atoms with Crippen molar-refractivity contribution in [2.24, 2.45) is 0 Å². The Morgan fingerprint density at radius 2 is 2.26 bits per heavy atom. The first-order chi connectivity index (χ1) is 8.97. The molecule has 0 saturated heterocycles. The molecule has 1 heterocycles. The summed E-state index contributed by atoms with van der Waals surface area (Å²) >= 11 is 0.936. The maximum absolute atomic E-state index is 10.9. The molecule has 0 fully saturated rings. The number of benzene rings is 1. The lowest BCUT2D eigenvalue weighted by Gasteiger charge is -2.01. The molecule has 19 heavy (non-hydrogen) atoms. The number of aromatic nitrogens is 3. The third-order valence-corrected chi connectivity index (χ3v) is 3.09. The van der Waals surface area contributed by atoms with Gasteiger partial charge in [0.15, 0.2) is 0 Å². The summed E-state index contributed by atoms with van der Waals surface area (Å²) < 4.78 is 0. The highest BCUT2D eigenvalue weighted by atomic mass is 32.2. The van der Waals surface area contributed by atoms with Gasteiger partial charge >= 0.3 is 5.97 Å². The van der Waals surface area contributed by atoms with E-state index in [1.807, 2.05) is 0 Å². The van der Waals surface area contributed by atoms with E-state index in [2.05, 4.69) is 15.2 Å². The average Bonchev–Trinajstić information content (AvgIpc) is 2.74. The Morgan fingerprint density at radius 1 is 1.53 bits per heavy atom. The number of aromatic amines is 1. The molecule has 0 aliphatic rings. The minimum atomic E-state index is -1.15. The molecule has 0 aliphatic carbocycles. The topological polar surface area (TPSA) is 122 Å². The van der Waals surface area contributed by atoms with E-state index in [-0.39, 0.29) is 16.1 Å². The van der Waals surface area contributed by atoms with Crippen LogP contribution in [0.5, 0.6) is 0 Å². The number of H-pyrrole nitrogens is 1. The summed E-state index contributed by atoms with van der Waals surface area (Å²) in [5, 5.41) is 26.5. The molecule has 0 saturated carbocycles. The number of aryl methyl sites for hydroxylation is 1. The Morgan fingerprint density at radius 3 is 2.79 bits per heavy atom. The number of carbonyl (C=O) groups is 1. The van der Waals surface area contributed by atoms with Crippen LogP contribution in [0.4, 0.5) is 5.69 Å². The van der Waals surface area contributed by atoms with Crippen LogP contribution in [0.15, 0.2) is 28.3 Å². The van der Waals surface area contributed by atoms with Crippen LogP contribution in [0.3, 0.4) is 0 Å². The Bertz CT molecular complexity index is 655. The minimum Gasteiger partial charge on any atom is -0.478 e. The molecule has 9 heteroatoms. The van der Waals surface area contributed by atoms with Crippen molar-refractivity contribution >= 4 is 23.4 Å². The Balaban J connectivity index is 2.42. The summed E-state index contributed by atoms with van der Waals surface area (Å²) in [6.07, 6.45) is 0. The molecule has 0 unspecified atom stereocenters. The average molecular weight is 280 g/mol. The molecule has 0 spiro atoms. The number of nitro benzene ring substituents is 1. The van der Waals surface area contributed by atoms with Gasteiger partial charge < -0.3 is 5.11 Å². The van der Waals surface area contributed by atoms with Gasteiger partial charge in [-0.15, -0.1) is 5.10 Å². The quantitative estimate of drug-likeness (QED) is 0.647. The number of rotatable bonds is 4. The van der Waals surface area contributed by atoms with Crippen LogP contribution in [-0.2, 0) is 0 Å². The number of carboxylic acids is 1. The van der Waals surface area contributed by atoms with Crippen molar-refractivity contribution < 1.29 is 14.8 Å². The van der Waals surface area contributed by atoms with Gasteiger partial charge in [-0.25, -0.2) is 9.78 Å². The van der Waals surface area contributed by atoms with Gasteiger partial charge in [-0.05, 0) is 30.8 Å². The van der Waals surface area contributed by atoms with Crippen molar-refractivity contribution in [3.05, 3.63) is 39.7 Å². The minimum absolute atomic E-state index is 0.0274. The summed E-state index contributed by atoms with van der Waals surface area (Å²) in [6, 6.07) is 3.58. The zero-order chi connectivity index (χ0) is 14.0. The molecule has 1 aromatic heterocycles. The van der Waals surface area contributed by atoms with E-state index >= 15 is 0 Å². The lowest BCUT2D eigenvalue weighted by molar-refractivity contribution is -0.387. The van der Waals surface area contributed by atoms with E-state index in [1.165, 1.54) is 12.1 Å². The van der Waals surface area contributed by atoms with E-state index < -0.39 is 10.9 Å². The highest BCUT2D eigenvalue weighted by Gasteiger charge is 2.19. The van der Waals surface area contributed by atoms with Crippen molar-refractivity contribution in [3.8, 4) is 0 Å². The Kier molecular flexibility index (Phi) is 3.47. The zero-order valence-corrected chi connectivity index (χ0v) is 10.5. The largest absolute Gasteiger partial charge is 0.478 e. The normalized spacial score (nSPS) is 10.4. The molecule has 2 rings (SSSR count). The number of nitrogens with zero attached hydrogens (tertiary/aromatic N) is 3. The van der Waals surface area contributed by atoms with Crippen LogP contribution in [0.25, 0.3) is 0 Å². The summed E-state index contributed by atoms with van der Waals surface area (Å²) in [5.41, 5.74) is -0.210. The van der Waals surface area contributed by atoms with E-state index in [9.17, 15) is 14.9 Å². The van der Waals surface area contributed by atoms with E-state index in [0.29, 0.717) is 11.0 Å². The molecule has 0 amide bonds. The van der Waals surface area contributed by atoms with Crippen LogP contribution in [-0.4, -0.2) is 31.2 Å². The fraction of sp³-hybridized carbons (Fsp3) is 0.100. The van der Waals surface area contributed by atoms with E-state index in [4.69, 9.17) is 5.11 Å². The SMILES string of the molecule is Cc1nc(Sc2cc(C(=O)O)ccc2[N+](=O)[O-])n[nH]1. The van der Waals surface area contributed by atoms with Crippen LogP contribution in [0.1, 0.15) is 16.2 Å². The predicted octanol–water partition coefficient (Wildman–Crippen LogP) is 1.87. The number of carboxylic acid groups (broad SMARTS) is 1. The molecule has 8 nitrogen and oxygen atoms in total. The number of hydrogen-bond acceptors (Lipinski definition) is 6. The molecule has 0 aliphatic heterocycles. The van der Waals surface area contributed by atoms with Crippen molar-refractivity contribution in [1.29, 1.82) is 0 Å². The first-order valence-corrected chi connectivity index (χ1v) is 5.87. The van der Waals surface area contributed by atoms with Crippen molar-refractivity contribution in [1.82, 2.24) is 15.2 Å². The predicted molar refractivity (Wildman–Crippen MR) is 65.3 cm³/mol. The van der Waals surface area contributed by atoms with E-state index in [0.717, 1.165) is 17.8 Å². The maximum Gasteiger partial charge on any atom is 0.335 e. The lowest BCUT2D eigenvalue weighted by Crippen LogP contribution is -1.98. The molecular formula is C10H8N4O4S. The fourth-order valence-electron chi connectivity index (χ4n) is 1.35. The number of hydrogen-bond donors (Lipinski definition) is 2. The molecule has 0 radical (unpaired) electrons. The number of nitrogens with one attached hydrogen (secondary N) is 1. The highest BCUT2D eigenvalue weighted by Crippen LogP contribution is 2.33. The molecule has 98 valence electrons. The molecule has 0 atom stereocenters. The Labute approximate surface area is 111 Å². The fourth-order valence-corrected chi connectivity index (χ4v) is 2.25. The second-order valence-electron chi connectivity index (χ2n) is 3.55. The van der Waals surface area contributed by atoms with Gasteiger partial charge in [-0.2, -0.15) is 0 Å². The summed E-state index contributed by atoms with van der Waals surface area (Å²) in [5.74, 6) is -0.581. The first-order valence-electron chi connectivity index (χ1n) is 5.06. The third-order valence-electron chi connectivity index (χ3n) is 2.18. The van der Waals surface area contributed by atoms with Crippen LogP contribution >= 0.6 is 11.8 Å². The second kappa shape index (κ2) is 5.06. The summed E-state index contributed by atoms with van der Waals surface area (Å²) in [7, 11) is 0. The van der Waals surface area contributed by atoms with Gasteiger partial charge in [0.25, 0.3) is 5.69 Å². The summed E-state index contributed by atoms with van der Waals surface area (Å²) in [4.78, 5) is 25.4. The third kappa shape index (κ3) is 2.88. The smallest absolute Gasteiger partial charge is 0.335 e. The molecule has 2 aromatic rings. The van der Waals surface area contributed by atoms with Crippen LogP contribution < -0.4 is 0 Å². The van der Waals surface area contributed by atoms with Gasteiger partial charge in [0.2, 0.25) is 5.16 Å². The monoisotopic (exact) mass is 280 g/mol. The van der Waals surface area contributed by atoms with Crippen molar-refractivity contribution in [2.75, 3.05) is 0 Å². The lowest BCUT2D eigenvalue weighted by atomic mass is 10.2. The Hall–Kier alpha value is -2.42. The van der Waals surface area contributed by atoms with Gasteiger partial charge in [0.05, 0.1) is 15.4 Å². The van der Waals surface area contributed by atoms with Gasteiger partial charge in [-0.1, -0.05) is 0 Å².